The number of benzene rings is 1. The molecule has 26 heavy (non-hydrogen) atoms. The minimum Gasteiger partial charge on any atom is -0.326 e. The van der Waals surface area contributed by atoms with Gasteiger partial charge < -0.3 is 5.32 Å². The van der Waals surface area contributed by atoms with Crippen molar-refractivity contribution in [1.82, 2.24) is 4.31 Å². The molecule has 1 saturated heterocycles. The van der Waals surface area contributed by atoms with Gasteiger partial charge in [-0.1, -0.05) is 12.8 Å². The molecule has 2 heterocycles. The number of hydrogen-bond acceptors (Lipinski definition) is 4. The third kappa shape index (κ3) is 4.00. The van der Waals surface area contributed by atoms with Crippen LogP contribution in [0.5, 0.6) is 0 Å². The summed E-state index contributed by atoms with van der Waals surface area (Å²) in [5, 5.41) is 4.70. The highest BCUT2D eigenvalue weighted by Gasteiger charge is 2.34. The Morgan fingerprint density at radius 1 is 1.15 bits per heavy atom. The van der Waals surface area contributed by atoms with Gasteiger partial charge in [0.1, 0.15) is 0 Å². The first-order valence-electron chi connectivity index (χ1n) is 8.83. The van der Waals surface area contributed by atoms with Crippen LogP contribution in [-0.4, -0.2) is 25.2 Å². The molecule has 3 rings (SSSR count). The van der Waals surface area contributed by atoms with Crippen molar-refractivity contribution in [3.63, 3.8) is 0 Å². The third-order valence-electron chi connectivity index (χ3n) is 4.69. The molecule has 0 spiro atoms. The quantitative estimate of drug-likeness (QED) is 0.842. The first-order chi connectivity index (χ1) is 12.4. The molecule has 1 aliphatic rings. The smallest absolute Gasteiger partial charge is 0.243 e. The van der Waals surface area contributed by atoms with Gasteiger partial charge in [-0.15, -0.1) is 11.3 Å². The van der Waals surface area contributed by atoms with E-state index in [1.54, 1.807) is 39.9 Å². The number of carbonyl (C=O) groups excluding carboxylic acids is 1. The lowest BCUT2D eigenvalue weighted by molar-refractivity contribution is -0.114. The fourth-order valence-corrected chi connectivity index (χ4v) is 6.21. The van der Waals surface area contributed by atoms with Crippen molar-refractivity contribution in [3.05, 3.63) is 46.2 Å². The number of amides is 1. The van der Waals surface area contributed by atoms with Crippen LogP contribution in [-0.2, 0) is 14.8 Å². The molecule has 1 unspecified atom stereocenters. The van der Waals surface area contributed by atoms with Crippen molar-refractivity contribution >= 4 is 33.0 Å². The number of nitrogens with one attached hydrogen (secondary N) is 1. The van der Waals surface area contributed by atoms with Gasteiger partial charge in [0.15, 0.2) is 0 Å². The normalized spacial score (nSPS) is 19.1. The van der Waals surface area contributed by atoms with E-state index in [4.69, 9.17) is 0 Å². The average Bonchev–Trinajstić information content (AvgIpc) is 2.87. The highest BCUT2D eigenvalue weighted by molar-refractivity contribution is 7.89. The fourth-order valence-electron chi connectivity index (χ4n) is 3.41. The first kappa shape index (κ1) is 19.1. The number of anilines is 1. The molecule has 0 bridgehead atoms. The van der Waals surface area contributed by atoms with Gasteiger partial charge in [-0.2, -0.15) is 4.31 Å². The summed E-state index contributed by atoms with van der Waals surface area (Å²) in [6, 6.07) is 8.37. The van der Waals surface area contributed by atoms with Gasteiger partial charge >= 0.3 is 0 Å². The van der Waals surface area contributed by atoms with Crippen LogP contribution in [0.1, 0.15) is 49.1 Å². The molecule has 0 saturated carbocycles. The van der Waals surface area contributed by atoms with Crippen LogP contribution in [0.2, 0.25) is 0 Å². The highest BCUT2D eigenvalue weighted by Crippen LogP contribution is 2.38. The molecule has 0 radical (unpaired) electrons. The number of rotatable bonds is 4. The lowest BCUT2D eigenvalue weighted by Crippen LogP contribution is -2.34. The molecule has 1 N–H and O–H groups in total. The van der Waals surface area contributed by atoms with Crippen LogP contribution in [0, 0.1) is 6.92 Å². The number of sulfonamides is 1. The summed E-state index contributed by atoms with van der Waals surface area (Å²) in [4.78, 5) is 12.6. The molecule has 1 amide bonds. The van der Waals surface area contributed by atoms with Crippen molar-refractivity contribution in [2.24, 2.45) is 0 Å². The van der Waals surface area contributed by atoms with E-state index in [0.717, 1.165) is 36.1 Å². The lowest BCUT2D eigenvalue weighted by Gasteiger charge is -2.29. The minimum atomic E-state index is -3.60. The summed E-state index contributed by atoms with van der Waals surface area (Å²) >= 11 is 1.64. The Bertz CT molecular complexity index is 872. The zero-order chi connectivity index (χ0) is 18.7. The zero-order valence-corrected chi connectivity index (χ0v) is 16.7. The Morgan fingerprint density at radius 3 is 2.50 bits per heavy atom. The molecule has 7 heteroatoms. The first-order valence-corrected chi connectivity index (χ1v) is 11.1. The number of hydrogen-bond donors (Lipinski definition) is 1. The molecule has 1 fully saturated rings. The molecule has 140 valence electrons. The van der Waals surface area contributed by atoms with Crippen LogP contribution in [0.3, 0.4) is 0 Å². The van der Waals surface area contributed by atoms with Crippen LogP contribution >= 0.6 is 11.3 Å². The maximum atomic E-state index is 13.3. The van der Waals surface area contributed by atoms with E-state index in [-0.39, 0.29) is 16.8 Å². The van der Waals surface area contributed by atoms with Crippen LogP contribution in [0.4, 0.5) is 5.69 Å². The Morgan fingerprint density at radius 2 is 1.88 bits per heavy atom. The summed E-state index contributed by atoms with van der Waals surface area (Å²) in [5.74, 6) is -0.179. The van der Waals surface area contributed by atoms with Crippen LogP contribution in [0.15, 0.2) is 40.6 Å². The minimum absolute atomic E-state index is 0.0995. The van der Waals surface area contributed by atoms with Gasteiger partial charge in [-0.25, -0.2) is 8.42 Å². The maximum absolute atomic E-state index is 13.3. The molecule has 1 aromatic heterocycles. The number of carbonyl (C=O) groups is 1. The molecule has 5 nitrogen and oxygen atoms in total. The molecule has 1 atom stereocenters. The Hall–Kier alpha value is -1.70. The zero-order valence-electron chi connectivity index (χ0n) is 15.1. The average molecular weight is 393 g/mol. The van der Waals surface area contributed by atoms with E-state index in [1.807, 2.05) is 12.3 Å². The number of nitrogens with zero attached hydrogens (tertiary/aromatic N) is 1. The van der Waals surface area contributed by atoms with E-state index in [2.05, 4.69) is 11.4 Å². The summed E-state index contributed by atoms with van der Waals surface area (Å²) in [6.45, 7) is 4.01. The van der Waals surface area contributed by atoms with Crippen LogP contribution in [0.25, 0.3) is 0 Å². The lowest BCUT2D eigenvalue weighted by atomic mass is 10.1. The van der Waals surface area contributed by atoms with Crippen molar-refractivity contribution in [2.45, 2.75) is 50.5 Å². The fraction of sp³-hybridized carbons (Fsp3) is 0.421. The van der Waals surface area contributed by atoms with Gasteiger partial charge in [-0.3, -0.25) is 4.79 Å². The second-order valence-electron chi connectivity index (χ2n) is 6.65. The van der Waals surface area contributed by atoms with Gasteiger partial charge in [0, 0.05) is 24.0 Å². The Kier molecular flexibility index (Phi) is 5.79. The SMILES string of the molecule is CC(=O)Nc1ccc(S(=O)(=O)N2CCCCCC2c2sccc2C)cc1. The highest BCUT2D eigenvalue weighted by atomic mass is 32.2. The number of aryl methyl sites for hydroxylation is 1. The molecule has 2 aromatic rings. The molecular formula is C19H24N2O3S2. The second-order valence-corrected chi connectivity index (χ2v) is 9.49. The van der Waals surface area contributed by atoms with E-state index in [9.17, 15) is 13.2 Å². The maximum Gasteiger partial charge on any atom is 0.243 e. The summed E-state index contributed by atoms with van der Waals surface area (Å²) in [6.07, 6.45) is 3.82. The van der Waals surface area contributed by atoms with Crippen molar-refractivity contribution in [2.75, 3.05) is 11.9 Å². The van der Waals surface area contributed by atoms with Crippen molar-refractivity contribution in [3.8, 4) is 0 Å². The van der Waals surface area contributed by atoms with E-state index in [0.29, 0.717) is 12.2 Å². The topological polar surface area (TPSA) is 66.5 Å². The predicted octanol–water partition coefficient (Wildman–Crippen LogP) is 4.32. The van der Waals surface area contributed by atoms with Crippen molar-refractivity contribution in [1.29, 1.82) is 0 Å². The standard InChI is InChI=1S/C19H24N2O3S2/c1-14-11-13-25-19(14)18-6-4-3-5-12-21(18)26(23,24)17-9-7-16(8-10-17)20-15(2)22/h7-11,13,18H,3-6,12H2,1-2H3,(H,20,22). The van der Waals surface area contributed by atoms with Crippen molar-refractivity contribution < 1.29 is 13.2 Å². The summed E-state index contributed by atoms with van der Waals surface area (Å²) < 4.78 is 28.3. The van der Waals surface area contributed by atoms with E-state index < -0.39 is 10.0 Å². The van der Waals surface area contributed by atoms with Gasteiger partial charge in [0.05, 0.1) is 10.9 Å². The van der Waals surface area contributed by atoms with Gasteiger partial charge in [0.2, 0.25) is 15.9 Å². The summed E-state index contributed by atoms with van der Waals surface area (Å²) in [7, 11) is -3.60. The molecule has 1 aromatic carbocycles. The van der Waals surface area contributed by atoms with E-state index in [1.165, 1.54) is 6.92 Å². The third-order valence-corrected chi connectivity index (χ3v) is 7.73. The second kappa shape index (κ2) is 7.90. The van der Waals surface area contributed by atoms with Gasteiger partial charge in [-0.05, 0) is 61.0 Å². The Labute approximate surface area is 159 Å². The largest absolute Gasteiger partial charge is 0.326 e. The van der Waals surface area contributed by atoms with E-state index >= 15 is 0 Å². The van der Waals surface area contributed by atoms with Crippen LogP contribution < -0.4 is 5.32 Å². The molecular weight excluding hydrogens is 368 g/mol. The monoisotopic (exact) mass is 392 g/mol. The summed E-state index contributed by atoms with van der Waals surface area (Å²) in [5.41, 5.74) is 1.75. The number of thiophene rings is 1. The predicted molar refractivity (Wildman–Crippen MR) is 105 cm³/mol. The van der Waals surface area contributed by atoms with Gasteiger partial charge in [0.25, 0.3) is 0 Å². The molecule has 1 aliphatic heterocycles. The molecule has 0 aliphatic carbocycles. The Balaban J connectivity index is 1.94.